The molecule has 0 aliphatic carbocycles. The highest BCUT2D eigenvalue weighted by Crippen LogP contribution is 2.40. The van der Waals surface area contributed by atoms with Gasteiger partial charge in [-0.2, -0.15) is 0 Å². The Kier molecular flexibility index (Phi) is 5.15. The summed E-state index contributed by atoms with van der Waals surface area (Å²) in [5.74, 6) is 2.94. The van der Waals surface area contributed by atoms with Crippen LogP contribution in [0.15, 0.2) is 48.5 Å². The highest BCUT2D eigenvalue weighted by molar-refractivity contribution is 8.00. The highest BCUT2D eigenvalue weighted by Gasteiger charge is 2.36. The van der Waals surface area contributed by atoms with Crippen molar-refractivity contribution in [2.75, 3.05) is 18.9 Å². The van der Waals surface area contributed by atoms with Crippen LogP contribution < -0.4 is 14.2 Å². The molecule has 2 aromatic rings. The molecule has 2 atom stereocenters. The Labute approximate surface area is 170 Å². The van der Waals surface area contributed by atoms with Gasteiger partial charge in [0, 0.05) is 0 Å². The molecule has 0 saturated carbocycles. The topological polar surface area (TPSA) is 48.0 Å². The van der Waals surface area contributed by atoms with Crippen molar-refractivity contribution < 1.29 is 19.0 Å². The van der Waals surface area contributed by atoms with Gasteiger partial charge in [-0.25, -0.2) is 0 Å². The zero-order valence-electron chi connectivity index (χ0n) is 16.4. The molecule has 0 radical (unpaired) electrons. The zero-order valence-corrected chi connectivity index (χ0v) is 17.2. The van der Waals surface area contributed by atoms with Crippen LogP contribution >= 0.6 is 11.8 Å². The molecule has 2 aromatic carbocycles. The number of hydrogen-bond acceptors (Lipinski definition) is 5. The summed E-state index contributed by atoms with van der Waals surface area (Å²) in [6.07, 6.45) is -0.177. The van der Waals surface area contributed by atoms with E-state index < -0.39 is 0 Å². The number of amides is 1. The molecule has 0 aromatic heterocycles. The van der Waals surface area contributed by atoms with Gasteiger partial charge in [0.05, 0.1) is 12.3 Å². The van der Waals surface area contributed by atoms with E-state index in [9.17, 15) is 4.79 Å². The van der Waals surface area contributed by atoms with Crippen LogP contribution in [0.1, 0.15) is 31.7 Å². The number of carbonyl (C=O) groups excluding carboxylic acids is 1. The zero-order chi connectivity index (χ0) is 19.7. The van der Waals surface area contributed by atoms with Crippen LogP contribution in [-0.2, 0) is 4.79 Å². The van der Waals surface area contributed by atoms with E-state index in [1.807, 2.05) is 74.2 Å². The standard InChI is InChI=1S/C22H25NO4S/c1-22(2,3)27-16-10-8-15(9-11-16)21-23(20(24)14-28-21)12-17-13-25-18-6-4-5-7-19(18)26-17/h4-11,17,21H,12-14H2,1-3H3. The number of hydrogen-bond donors (Lipinski definition) is 0. The van der Waals surface area contributed by atoms with Gasteiger partial charge in [-0.05, 0) is 50.6 Å². The predicted molar refractivity (Wildman–Crippen MR) is 110 cm³/mol. The fraction of sp³-hybridized carbons (Fsp3) is 0.409. The second-order valence-electron chi connectivity index (χ2n) is 7.99. The van der Waals surface area contributed by atoms with E-state index in [2.05, 4.69) is 0 Å². The van der Waals surface area contributed by atoms with Crippen LogP contribution in [0.2, 0.25) is 0 Å². The lowest BCUT2D eigenvalue weighted by Crippen LogP contribution is -2.42. The summed E-state index contributed by atoms with van der Waals surface area (Å²) in [4.78, 5) is 14.4. The first-order valence-corrected chi connectivity index (χ1v) is 10.5. The molecular formula is C22H25NO4S. The maximum Gasteiger partial charge on any atom is 0.233 e. The van der Waals surface area contributed by atoms with Crippen molar-refractivity contribution in [3.05, 3.63) is 54.1 Å². The lowest BCUT2D eigenvalue weighted by Gasteiger charge is -2.32. The quantitative estimate of drug-likeness (QED) is 0.768. The molecule has 1 fully saturated rings. The van der Waals surface area contributed by atoms with Gasteiger partial charge in [0.2, 0.25) is 5.91 Å². The van der Waals surface area contributed by atoms with Crippen LogP contribution in [0.4, 0.5) is 0 Å². The third kappa shape index (κ3) is 4.22. The van der Waals surface area contributed by atoms with Crippen molar-refractivity contribution in [2.45, 2.75) is 37.9 Å². The molecule has 5 nitrogen and oxygen atoms in total. The molecule has 2 aliphatic heterocycles. The lowest BCUT2D eigenvalue weighted by atomic mass is 10.1. The Bertz CT molecular complexity index is 846. The highest BCUT2D eigenvalue weighted by atomic mass is 32.2. The molecule has 1 amide bonds. The number of rotatable bonds is 4. The van der Waals surface area contributed by atoms with E-state index in [0.717, 1.165) is 22.8 Å². The summed E-state index contributed by atoms with van der Waals surface area (Å²) < 4.78 is 17.7. The van der Waals surface area contributed by atoms with Crippen molar-refractivity contribution in [1.29, 1.82) is 0 Å². The summed E-state index contributed by atoms with van der Waals surface area (Å²) in [5, 5.41) is -0.0167. The summed E-state index contributed by atoms with van der Waals surface area (Å²) >= 11 is 1.64. The lowest BCUT2D eigenvalue weighted by molar-refractivity contribution is -0.129. The number of thioether (sulfide) groups is 1. The average molecular weight is 400 g/mol. The van der Waals surface area contributed by atoms with Gasteiger partial charge in [-0.3, -0.25) is 4.79 Å². The minimum Gasteiger partial charge on any atom is -0.488 e. The first-order valence-electron chi connectivity index (χ1n) is 9.47. The first kappa shape index (κ1) is 19.0. The Hall–Kier alpha value is -2.34. The first-order chi connectivity index (χ1) is 13.4. The fourth-order valence-corrected chi connectivity index (χ4v) is 4.55. The Balaban J connectivity index is 1.46. The van der Waals surface area contributed by atoms with E-state index in [0.29, 0.717) is 18.9 Å². The number of nitrogens with zero attached hydrogens (tertiary/aromatic N) is 1. The van der Waals surface area contributed by atoms with Crippen LogP contribution in [-0.4, -0.2) is 41.4 Å². The largest absolute Gasteiger partial charge is 0.488 e. The number of fused-ring (bicyclic) bond motifs is 1. The van der Waals surface area contributed by atoms with Crippen molar-refractivity contribution in [3.8, 4) is 17.2 Å². The van der Waals surface area contributed by atoms with E-state index in [-0.39, 0.29) is 23.0 Å². The minimum atomic E-state index is -0.236. The monoisotopic (exact) mass is 399 g/mol. The normalized spacial score (nSPS) is 21.7. The van der Waals surface area contributed by atoms with Gasteiger partial charge in [0.15, 0.2) is 17.6 Å². The molecule has 1 saturated heterocycles. The summed E-state index contributed by atoms with van der Waals surface area (Å²) in [6.45, 7) is 7.03. The molecule has 28 heavy (non-hydrogen) atoms. The minimum absolute atomic E-state index is 0.0167. The number of carbonyl (C=O) groups is 1. The van der Waals surface area contributed by atoms with E-state index in [1.165, 1.54) is 0 Å². The average Bonchev–Trinajstić information content (AvgIpc) is 3.01. The number of ether oxygens (including phenoxy) is 3. The van der Waals surface area contributed by atoms with Gasteiger partial charge >= 0.3 is 0 Å². The molecule has 0 spiro atoms. The Morgan fingerprint density at radius 2 is 1.82 bits per heavy atom. The molecule has 4 rings (SSSR count). The number of para-hydroxylation sites is 2. The summed E-state index contributed by atoms with van der Waals surface area (Å²) in [5.41, 5.74) is 0.856. The Morgan fingerprint density at radius 3 is 2.54 bits per heavy atom. The summed E-state index contributed by atoms with van der Waals surface area (Å²) in [7, 11) is 0. The van der Waals surface area contributed by atoms with Gasteiger partial charge < -0.3 is 19.1 Å². The van der Waals surface area contributed by atoms with Gasteiger partial charge in [-0.15, -0.1) is 11.8 Å². The third-order valence-corrected chi connectivity index (χ3v) is 5.78. The second-order valence-corrected chi connectivity index (χ2v) is 9.06. The van der Waals surface area contributed by atoms with E-state index >= 15 is 0 Å². The van der Waals surface area contributed by atoms with Gasteiger partial charge in [-0.1, -0.05) is 24.3 Å². The SMILES string of the molecule is CC(C)(C)Oc1ccc(C2SCC(=O)N2CC2COc3ccccc3O2)cc1. The van der Waals surface area contributed by atoms with Crippen LogP contribution in [0.25, 0.3) is 0 Å². The van der Waals surface area contributed by atoms with Crippen LogP contribution in [0, 0.1) is 0 Å². The smallest absolute Gasteiger partial charge is 0.233 e. The maximum atomic E-state index is 12.5. The predicted octanol–water partition coefficient (Wildman–Crippen LogP) is 4.28. The van der Waals surface area contributed by atoms with E-state index in [4.69, 9.17) is 14.2 Å². The summed E-state index contributed by atoms with van der Waals surface area (Å²) in [6, 6.07) is 15.7. The van der Waals surface area contributed by atoms with Crippen LogP contribution in [0.3, 0.4) is 0 Å². The Morgan fingerprint density at radius 1 is 1.11 bits per heavy atom. The van der Waals surface area contributed by atoms with Gasteiger partial charge in [0.1, 0.15) is 23.3 Å². The van der Waals surface area contributed by atoms with Crippen LogP contribution in [0.5, 0.6) is 17.2 Å². The van der Waals surface area contributed by atoms with Crippen molar-refractivity contribution in [3.63, 3.8) is 0 Å². The molecular weight excluding hydrogens is 374 g/mol. The molecule has 148 valence electrons. The maximum absolute atomic E-state index is 12.5. The molecule has 2 heterocycles. The van der Waals surface area contributed by atoms with E-state index in [1.54, 1.807) is 11.8 Å². The fourth-order valence-electron chi connectivity index (χ4n) is 3.35. The van der Waals surface area contributed by atoms with Crippen molar-refractivity contribution in [1.82, 2.24) is 4.90 Å². The molecule has 0 bridgehead atoms. The van der Waals surface area contributed by atoms with Crippen molar-refractivity contribution in [2.24, 2.45) is 0 Å². The third-order valence-electron chi connectivity index (χ3n) is 4.53. The van der Waals surface area contributed by atoms with Crippen molar-refractivity contribution >= 4 is 17.7 Å². The van der Waals surface area contributed by atoms with Gasteiger partial charge in [0.25, 0.3) is 0 Å². The molecule has 2 unspecified atom stereocenters. The second kappa shape index (κ2) is 7.59. The number of benzene rings is 2. The molecule has 6 heteroatoms. The molecule has 0 N–H and O–H groups in total. The molecule has 2 aliphatic rings.